The molecule has 1 aliphatic heterocycles. The summed E-state index contributed by atoms with van der Waals surface area (Å²) in [6, 6.07) is 8.26. The van der Waals surface area contributed by atoms with E-state index in [-0.39, 0.29) is 5.91 Å². The Morgan fingerprint density at radius 1 is 1.25 bits per heavy atom. The van der Waals surface area contributed by atoms with Gasteiger partial charge in [-0.15, -0.1) is 0 Å². The molecule has 0 radical (unpaired) electrons. The number of carbonyl (C=O) groups is 1. The largest absolute Gasteiger partial charge is 0.385 e. The van der Waals surface area contributed by atoms with Crippen molar-refractivity contribution in [3.63, 3.8) is 0 Å². The highest BCUT2D eigenvalue weighted by molar-refractivity contribution is 5.92. The van der Waals surface area contributed by atoms with Crippen molar-refractivity contribution >= 4 is 11.7 Å². The summed E-state index contributed by atoms with van der Waals surface area (Å²) in [4.78, 5) is 23.0. The van der Waals surface area contributed by atoms with Crippen LogP contribution in [0.4, 0.5) is 5.82 Å². The summed E-state index contributed by atoms with van der Waals surface area (Å²) in [6.07, 6.45) is 4.93. The quantitative estimate of drug-likeness (QED) is 0.824. The number of hydrogen-bond acceptors (Lipinski definition) is 5. The first-order chi connectivity index (χ1) is 11.8. The molecule has 6 nitrogen and oxygen atoms in total. The molecular weight excluding hydrogens is 304 g/mol. The van der Waals surface area contributed by atoms with Gasteiger partial charge in [0.05, 0.1) is 12.4 Å². The van der Waals surface area contributed by atoms with Crippen molar-refractivity contribution in [2.75, 3.05) is 32.1 Å². The Balaban J connectivity index is 1.59. The summed E-state index contributed by atoms with van der Waals surface area (Å²) < 4.78 is 5.00. The number of aromatic nitrogens is 2. The number of amides is 1. The zero-order chi connectivity index (χ0) is 16.8. The molecule has 6 heteroatoms. The zero-order valence-corrected chi connectivity index (χ0v) is 13.9. The van der Waals surface area contributed by atoms with Crippen LogP contribution in [0.25, 0.3) is 0 Å². The van der Waals surface area contributed by atoms with E-state index in [0.29, 0.717) is 31.2 Å². The van der Waals surface area contributed by atoms with Crippen LogP contribution in [0.3, 0.4) is 0 Å². The van der Waals surface area contributed by atoms with E-state index in [4.69, 9.17) is 4.74 Å². The number of benzene rings is 1. The minimum absolute atomic E-state index is 0.0667. The van der Waals surface area contributed by atoms with Gasteiger partial charge in [0.15, 0.2) is 0 Å². The predicted octanol–water partition coefficient (Wildman–Crippen LogP) is 2.12. The molecule has 0 fully saturated rings. The Labute approximate surface area is 141 Å². The van der Waals surface area contributed by atoms with Crippen LogP contribution in [0.1, 0.15) is 28.0 Å². The molecule has 1 aromatic heterocycles. The summed E-state index contributed by atoms with van der Waals surface area (Å²) in [5.41, 5.74) is 2.92. The van der Waals surface area contributed by atoms with Crippen molar-refractivity contribution in [1.29, 1.82) is 0 Å². The molecule has 0 unspecified atom stereocenters. The zero-order valence-electron chi connectivity index (χ0n) is 13.9. The van der Waals surface area contributed by atoms with Crippen LogP contribution in [-0.4, -0.2) is 47.6 Å². The second kappa shape index (κ2) is 7.88. The summed E-state index contributed by atoms with van der Waals surface area (Å²) in [7, 11) is 1.68. The number of nitrogens with zero attached hydrogens (tertiary/aromatic N) is 3. The Morgan fingerprint density at radius 2 is 2.08 bits per heavy atom. The van der Waals surface area contributed by atoms with Gasteiger partial charge < -0.3 is 15.0 Å². The molecule has 126 valence electrons. The normalized spacial score (nSPS) is 13.5. The van der Waals surface area contributed by atoms with Crippen LogP contribution in [0.5, 0.6) is 0 Å². The molecule has 0 bridgehead atoms. The molecule has 0 atom stereocenters. The Morgan fingerprint density at radius 3 is 2.83 bits per heavy atom. The standard InChI is InChI=1S/C18H22N4O2/c1-24-10-4-8-19-17-12-20-16(11-21-17)18(23)22-9-7-14-5-2-3-6-15(14)13-22/h2-3,5-6,11-12H,4,7-10,13H2,1H3,(H,19,21). The highest BCUT2D eigenvalue weighted by Gasteiger charge is 2.22. The van der Waals surface area contributed by atoms with Gasteiger partial charge in [0, 0.05) is 33.4 Å². The van der Waals surface area contributed by atoms with Gasteiger partial charge in [0.1, 0.15) is 11.5 Å². The van der Waals surface area contributed by atoms with Crippen LogP contribution in [0, 0.1) is 0 Å². The van der Waals surface area contributed by atoms with Gasteiger partial charge in [-0.2, -0.15) is 0 Å². The van der Waals surface area contributed by atoms with E-state index >= 15 is 0 Å². The van der Waals surface area contributed by atoms with E-state index in [0.717, 1.165) is 19.4 Å². The number of ether oxygens (including phenoxy) is 1. The fourth-order valence-electron chi connectivity index (χ4n) is 2.79. The summed E-state index contributed by atoms with van der Waals surface area (Å²) in [5, 5.41) is 3.16. The maximum atomic E-state index is 12.6. The lowest BCUT2D eigenvalue weighted by Crippen LogP contribution is -2.36. The average molecular weight is 326 g/mol. The SMILES string of the molecule is COCCCNc1cnc(C(=O)N2CCc3ccccc3C2)cn1. The number of fused-ring (bicyclic) bond motifs is 1. The number of methoxy groups -OCH3 is 1. The third kappa shape index (κ3) is 3.89. The lowest BCUT2D eigenvalue weighted by Gasteiger charge is -2.28. The molecule has 0 spiro atoms. The van der Waals surface area contributed by atoms with Gasteiger partial charge >= 0.3 is 0 Å². The number of nitrogens with one attached hydrogen (secondary N) is 1. The number of carbonyl (C=O) groups excluding carboxylic acids is 1. The Hall–Kier alpha value is -2.47. The second-order valence-electron chi connectivity index (χ2n) is 5.81. The maximum Gasteiger partial charge on any atom is 0.274 e. The van der Waals surface area contributed by atoms with Gasteiger partial charge in [0.2, 0.25) is 0 Å². The molecule has 1 aromatic carbocycles. The second-order valence-corrected chi connectivity index (χ2v) is 5.81. The van der Waals surface area contributed by atoms with E-state index in [1.54, 1.807) is 19.5 Å². The molecule has 0 saturated carbocycles. The molecule has 2 heterocycles. The van der Waals surface area contributed by atoms with Crippen molar-refractivity contribution in [3.8, 4) is 0 Å². The summed E-state index contributed by atoms with van der Waals surface area (Å²) in [5.74, 6) is 0.606. The first kappa shape index (κ1) is 16.4. The molecule has 0 saturated heterocycles. The van der Waals surface area contributed by atoms with Crippen molar-refractivity contribution < 1.29 is 9.53 Å². The Bertz CT molecular complexity index is 688. The van der Waals surface area contributed by atoms with Crippen molar-refractivity contribution in [1.82, 2.24) is 14.9 Å². The highest BCUT2D eigenvalue weighted by atomic mass is 16.5. The van der Waals surface area contributed by atoms with Crippen molar-refractivity contribution in [2.45, 2.75) is 19.4 Å². The first-order valence-electron chi connectivity index (χ1n) is 8.19. The minimum Gasteiger partial charge on any atom is -0.385 e. The monoisotopic (exact) mass is 326 g/mol. The van der Waals surface area contributed by atoms with E-state index in [2.05, 4.69) is 27.4 Å². The third-order valence-corrected chi connectivity index (χ3v) is 4.12. The first-order valence-corrected chi connectivity index (χ1v) is 8.19. The van der Waals surface area contributed by atoms with Crippen molar-refractivity contribution in [3.05, 3.63) is 53.5 Å². The van der Waals surface area contributed by atoms with Gasteiger partial charge in [-0.05, 0) is 24.0 Å². The number of anilines is 1. The van der Waals surface area contributed by atoms with E-state index in [1.165, 1.54) is 11.1 Å². The average Bonchev–Trinajstić information content (AvgIpc) is 2.65. The number of hydrogen-bond donors (Lipinski definition) is 1. The van der Waals surface area contributed by atoms with Crippen LogP contribution in [-0.2, 0) is 17.7 Å². The van der Waals surface area contributed by atoms with E-state index < -0.39 is 0 Å². The molecule has 2 aromatic rings. The molecule has 1 N–H and O–H groups in total. The summed E-state index contributed by atoms with van der Waals surface area (Å²) in [6.45, 7) is 2.81. The molecular formula is C18H22N4O2. The van der Waals surface area contributed by atoms with Crippen LogP contribution >= 0.6 is 0 Å². The summed E-state index contributed by atoms with van der Waals surface area (Å²) >= 11 is 0. The Kier molecular flexibility index (Phi) is 5.38. The molecule has 24 heavy (non-hydrogen) atoms. The third-order valence-electron chi connectivity index (χ3n) is 4.12. The lowest BCUT2D eigenvalue weighted by atomic mass is 10.00. The van der Waals surface area contributed by atoms with Crippen LogP contribution in [0.2, 0.25) is 0 Å². The number of rotatable bonds is 6. The van der Waals surface area contributed by atoms with Crippen LogP contribution in [0.15, 0.2) is 36.7 Å². The molecule has 1 aliphatic rings. The fraction of sp³-hybridized carbons (Fsp3) is 0.389. The van der Waals surface area contributed by atoms with Gasteiger partial charge in [-0.1, -0.05) is 24.3 Å². The molecule has 1 amide bonds. The highest BCUT2D eigenvalue weighted by Crippen LogP contribution is 2.19. The molecule has 3 rings (SSSR count). The predicted molar refractivity (Wildman–Crippen MR) is 91.9 cm³/mol. The fourth-order valence-corrected chi connectivity index (χ4v) is 2.79. The van der Waals surface area contributed by atoms with Gasteiger partial charge in [-0.25, -0.2) is 9.97 Å². The minimum atomic E-state index is -0.0667. The van der Waals surface area contributed by atoms with Crippen LogP contribution < -0.4 is 5.32 Å². The lowest BCUT2D eigenvalue weighted by molar-refractivity contribution is 0.0728. The van der Waals surface area contributed by atoms with E-state index in [9.17, 15) is 4.79 Å². The van der Waals surface area contributed by atoms with Crippen molar-refractivity contribution in [2.24, 2.45) is 0 Å². The topological polar surface area (TPSA) is 67.3 Å². The van der Waals surface area contributed by atoms with Gasteiger partial charge in [0.25, 0.3) is 5.91 Å². The molecule has 0 aliphatic carbocycles. The van der Waals surface area contributed by atoms with E-state index in [1.807, 2.05) is 17.0 Å². The maximum absolute atomic E-state index is 12.6. The smallest absolute Gasteiger partial charge is 0.274 e. The van der Waals surface area contributed by atoms with Gasteiger partial charge in [-0.3, -0.25) is 4.79 Å².